The largest absolute Gasteiger partial charge is 0.360 e. The third kappa shape index (κ3) is 2.63. The van der Waals surface area contributed by atoms with E-state index in [0.29, 0.717) is 11.4 Å². The van der Waals surface area contributed by atoms with Crippen molar-refractivity contribution in [3.63, 3.8) is 0 Å². The molecule has 17 heavy (non-hydrogen) atoms. The predicted molar refractivity (Wildman–Crippen MR) is 65.1 cm³/mol. The van der Waals surface area contributed by atoms with Gasteiger partial charge >= 0.3 is 0 Å². The molecule has 0 unspecified atom stereocenters. The summed E-state index contributed by atoms with van der Waals surface area (Å²) in [6.07, 6.45) is 3.35. The second-order valence-electron chi connectivity index (χ2n) is 4.20. The molecule has 0 atom stereocenters. The Labute approximate surface area is 101 Å². The Kier molecular flexibility index (Phi) is 3.40. The van der Waals surface area contributed by atoms with Crippen molar-refractivity contribution >= 4 is 12.2 Å². The van der Waals surface area contributed by atoms with Gasteiger partial charge in [0, 0.05) is 33.2 Å². The number of hydrogen-bond acceptors (Lipinski definition) is 4. The number of nitrogens with zero attached hydrogens (tertiary/aromatic N) is 6. The standard InChI is InChI=1S/C11H16N6/c1-15-3-5-17(6-4-15)9-13-11-10(7-12)8-14-16(11)2/h8-9H,3-6H2,1-2H3. The Hall–Kier alpha value is -1.87. The number of rotatable bonds is 2. The molecule has 0 aliphatic carbocycles. The number of piperazine rings is 1. The maximum absolute atomic E-state index is 8.91. The summed E-state index contributed by atoms with van der Waals surface area (Å²) in [7, 11) is 3.90. The Balaban J connectivity index is 2.05. The molecule has 6 heteroatoms. The van der Waals surface area contributed by atoms with E-state index in [9.17, 15) is 0 Å². The molecule has 0 aromatic carbocycles. The van der Waals surface area contributed by atoms with E-state index >= 15 is 0 Å². The van der Waals surface area contributed by atoms with Crippen LogP contribution in [-0.2, 0) is 7.05 Å². The van der Waals surface area contributed by atoms with E-state index in [-0.39, 0.29) is 0 Å². The predicted octanol–water partition coefficient (Wildman–Crippen LogP) is 0.199. The van der Waals surface area contributed by atoms with Crippen molar-refractivity contribution in [2.75, 3.05) is 33.2 Å². The zero-order valence-electron chi connectivity index (χ0n) is 10.2. The van der Waals surface area contributed by atoms with Gasteiger partial charge in [0.1, 0.15) is 11.6 Å². The van der Waals surface area contributed by atoms with Crippen LogP contribution in [0.15, 0.2) is 11.2 Å². The first kappa shape index (κ1) is 11.6. The van der Waals surface area contributed by atoms with Gasteiger partial charge in [-0.2, -0.15) is 10.4 Å². The molecular weight excluding hydrogens is 216 g/mol. The summed E-state index contributed by atoms with van der Waals surface area (Å²) in [6.45, 7) is 4.03. The molecule has 0 N–H and O–H groups in total. The first-order valence-corrected chi connectivity index (χ1v) is 5.59. The zero-order chi connectivity index (χ0) is 12.3. The minimum Gasteiger partial charge on any atom is -0.360 e. The number of aliphatic imine (C=N–C) groups is 1. The normalized spacial score (nSPS) is 17.6. The van der Waals surface area contributed by atoms with Gasteiger partial charge in [-0.1, -0.05) is 0 Å². The number of nitriles is 1. The van der Waals surface area contributed by atoms with Crippen molar-refractivity contribution in [3.05, 3.63) is 11.8 Å². The zero-order valence-corrected chi connectivity index (χ0v) is 10.2. The highest BCUT2D eigenvalue weighted by Gasteiger charge is 2.11. The summed E-state index contributed by atoms with van der Waals surface area (Å²) >= 11 is 0. The Bertz CT molecular complexity index is 447. The van der Waals surface area contributed by atoms with Gasteiger partial charge in [-0.15, -0.1) is 0 Å². The molecule has 90 valence electrons. The molecule has 1 aliphatic heterocycles. The van der Waals surface area contributed by atoms with Crippen LogP contribution >= 0.6 is 0 Å². The number of aryl methyl sites for hydroxylation is 1. The molecule has 1 aliphatic rings. The summed E-state index contributed by atoms with van der Waals surface area (Å²) in [6, 6.07) is 2.09. The van der Waals surface area contributed by atoms with Gasteiger partial charge in [-0.05, 0) is 7.05 Å². The maximum Gasteiger partial charge on any atom is 0.169 e. The van der Waals surface area contributed by atoms with Crippen LogP contribution < -0.4 is 0 Å². The lowest BCUT2D eigenvalue weighted by Gasteiger charge is -2.30. The van der Waals surface area contributed by atoms with Crippen LogP contribution in [-0.4, -0.2) is 59.1 Å². The lowest BCUT2D eigenvalue weighted by molar-refractivity contribution is 0.219. The van der Waals surface area contributed by atoms with Gasteiger partial charge in [0.25, 0.3) is 0 Å². The molecule has 1 fully saturated rings. The summed E-state index contributed by atoms with van der Waals surface area (Å²) in [4.78, 5) is 8.79. The maximum atomic E-state index is 8.91. The van der Waals surface area contributed by atoms with Gasteiger partial charge < -0.3 is 9.80 Å². The van der Waals surface area contributed by atoms with Crippen molar-refractivity contribution in [3.8, 4) is 6.07 Å². The molecule has 0 radical (unpaired) electrons. The fourth-order valence-corrected chi connectivity index (χ4v) is 1.74. The van der Waals surface area contributed by atoms with Crippen LogP contribution in [0.3, 0.4) is 0 Å². The lowest BCUT2D eigenvalue weighted by atomic mass is 10.3. The van der Waals surface area contributed by atoms with Gasteiger partial charge in [-0.25, -0.2) is 9.67 Å². The Morgan fingerprint density at radius 2 is 2.06 bits per heavy atom. The van der Waals surface area contributed by atoms with Crippen LogP contribution in [0, 0.1) is 11.3 Å². The Morgan fingerprint density at radius 1 is 1.35 bits per heavy atom. The van der Waals surface area contributed by atoms with Gasteiger partial charge in [0.05, 0.1) is 12.5 Å². The van der Waals surface area contributed by atoms with Crippen molar-refractivity contribution < 1.29 is 0 Å². The minimum atomic E-state index is 0.512. The quantitative estimate of drug-likeness (QED) is 0.540. The third-order valence-corrected chi connectivity index (χ3v) is 2.91. The molecule has 0 saturated carbocycles. The molecule has 0 spiro atoms. The molecule has 0 amide bonds. The van der Waals surface area contributed by atoms with Crippen molar-refractivity contribution in [2.24, 2.45) is 12.0 Å². The molecular formula is C11H16N6. The van der Waals surface area contributed by atoms with Crippen molar-refractivity contribution in [1.29, 1.82) is 5.26 Å². The monoisotopic (exact) mass is 232 g/mol. The molecule has 0 bridgehead atoms. The highest BCUT2D eigenvalue weighted by Crippen LogP contribution is 2.15. The molecule has 1 saturated heterocycles. The second-order valence-corrected chi connectivity index (χ2v) is 4.20. The summed E-state index contributed by atoms with van der Waals surface area (Å²) in [5.41, 5.74) is 0.512. The van der Waals surface area contributed by atoms with Gasteiger partial charge in [0.2, 0.25) is 0 Å². The van der Waals surface area contributed by atoms with Gasteiger partial charge in [0.15, 0.2) is 5.82 Å². The first-order chi connectivity index (χ1) is 8.20. The van der Waals surface area contributed by atoms with E-state index in [4.69, 9.17) is 5.26 Å². The Morgan fingerprint density at radius 3 is 2.71 bits per heavy atom. The van der Waals surface area contributed by atoms with E-state index in [2.05, 4.69) is 33.0 Å². The van der Waals surface area contributed by atoms with E-state index < -0.39 is 0 Å². The highest BCUT2D eigenvalue weighted by molar-refractivity contribution is 5.63. The first-order valence-electron chi connectivity index (χ1n) is 5.59. The third-order valence-electron chi connectivity index (χ3n) is 2.91. The van der Waals surface area contributed by atoms with Crippen LogP contribution in [0.25, 0.3) is 0 Å². The fraction of sp³-hybridized carbons (Fsp3) is 0.545. The molecule has 2 heterocycles. The van der Waals surface area contributed by atoms with Crippen molar-refractivity contribution in [1.82, 2.24) is 19.6 Å². The fourth-order valence-electron chi connectivity index (χ4n) is 1.74. The summed E-state index contributed by atoms with van der Waals surface area (Å²) in [5, 5.41) is 12.9. The number of hydrogen-bond donors (Lipinski definition) is 0. The smallest absolute Gasteiger partial charge is 0.169 e. The summed E-state index contributed by atoms with van der Waals surface area (Å²) in [5.74, 6) is 0.617. The average Bonchev–Trinajstić information content (AvgIpc) is 2.69. The SMILES string of the molecule is CN1CCN(C=Nc2c(C#N)cnn2C)CC1. The number of likely N-dealkylation sites (N-methyl/N-ethyl adjacent to an activating group) is 1. The lowest BCUT2D eigenvalue weighted by Crippen LogP contribution is -2.43. The van der Waals surface area contributed by atoms with E-state index in [0.717, 1.165) is 26.2 Å². The molecule has 1 aromatic rings. The minimum absolute atomic E-state index is 0.512. The van der Waals surface area contributed by atoms with E-state index in [1.165, 1.54) is 6.20 Å². The molecule has 2 rings (SSSR count). The second kappa shape index (κ2) is 4.97. The van der Waals surface area contributed by atoms with Crippen molar-refractivity contribution in [2.45, 2.75) is 0 Å². The summed E-state index contributed by atoms with van der Waals surface area (Å²) < 4.78 is 1.62. The van der Waals surface area contributed by atoms with Crippen LogP contribution in [0.5, 0.6) is 0 Å². The highest BCUT2D eigenvalue weighted by atomic mass is 15.3. The molecule has 6 nitrogen and oxygen atoms in total. The van der Waals surface area contributed by atoms with Gasteiger partial charge in [-0.3, -0.25) is 0 Å². The topological polar surface area (TPSA) is 60.4 Å². The van der Waals surface area contributed by atoms with E-state index in [1.807, 2.05) is 6.34 Å². The number of aromatic nitrogens is 2. The van der Waals surface area contributed by atoms with Crippen LogP contribution in [0.2, 0.25) is 0 Å². The van der Waals surface area contributed by atoms with Crippen LogP contribution in [0.1, 0.15) is 5.56 Å². The van der Waals surface area contributed by atoms with Crippen LogP contribution in [0.4, 0.5) is 5.82 Å². The average molecular weight is 232 g/mol. The molecule has 1 aromatic heterocycles. The van der Waals surface area contributed by atoms with E-state index in [1.54, 1.807) is 11.7 Å².